The topological polar surface area (TPSA) is 94.1 Å². The molecule has 1 aliphatic heterocycles. The average Bonchev–Trinajstić information content (AvgIpc) is 2.67. The number of dihydropyridines is 1. The number of esters is 2. The highest BCUT2D eigenvalue weighted by Crippen LogP contribution is 2.41. The van der Waals surface area contributed by atoms with Gasteiger partial charge in [0.05, 0.1) is 56.3 Å². The molecule has 152 valence electrons. The molecule has 1 atom stereocenters. The Labute approximate surface area is 168 Å². The maximum atomic E-state index is 12.9. The number of rotatable bonds is 8. The number of allylic oxidation sites excluding steroid dienone is 1. The first-order valence-electron chi connectivity index (χ1n) is 8.85. The van der Waals surface area contributed by atoms with E-state index < -0.39 is 17.9 Å². The number of carbonyl (C=O) groups is 2. The highest BCUT2D eigenvalue weighted by molar-refractivity contribution is 6.31. The second-order valence-corrected chi connectivity index (χ2v) is 6.41. The fourth-order valence-corrected chi connectivity index (χ4v) is 3.34. The molecule has 1 aromatic carbocycles. The van der Waals surface area contributed by atoms with Crippen molar-refractivity contribution in [3.63, 3.8) is 0 Å². The van der Waals surface area contributed by atoms with E-state index in [0.717, 1.165) is 0 Å². The van der Waals surface area contributed by atoms with Crippen LogP contribution < -0.4 is 5.32 Å². The van der Waals surface area contributed by atoms with Gasteiger partial charge in [-0.3, -0.25) is 0 Å². The highest BCUT2D eigenvalue weighted by atomic mass is 35.5. The molecule has 0 saturated heterocycles. The lowest BCUT2D eigenvalue weighted by atomic mass is 9.80. The molecule has 0 spiro atoms. The largest absolute Gasteiger partial charge is 0.466 e. The summed E-state index contributed by atoms with van der Waals surface area (Å²) >= 11 is 6.41. The molecule has 1 heterocycles. The van der Waals surface area contributed by atoms with Crippen LogP contribution in [0.3, 0.4) is 0 Å². The number of hydrogen-bond acceptors (Lipinski definition) is 7. The Balaban J connectivity index is 2.67. The zero-order chi connectivity index (χ0) is 20.7. The van der Waals surface area contributed by atoms with Crippen LogP contribution in [0.15, 0.2) is 46.8 Å². The molecule has 2 N–H and O–H groups in total. The van der Waals surface area contributed by atoms with Crippen LogP contribution in [0, 0.1) is 0 Å². The van der Waals surface area contributed by atoms with E-state index in [1.807, 2.05) is 0 Å². The summed E-state index contributed by atoms with van der Waals surface area (Å²) in [5.41, 5.74) is 2.03. The lowest BCUT2D eigenvalue weighted by Crippen LogP contribution is -2.35. The smallest absolute Gasteiger partial charge is 0.336 e. The molecular weight excluding hydrogens is 386 g/mol. The van der Waals surface area contributed by atoms with Crippen molar-refractivity contribution in [1.29, 1.82) is 0 Å². The van der Waals surface area contributed by atoms with Gasteiger partial charge in [-0.1, -0.05) is 29.8 Å². The number of nitrogens with one attached hydrogen (secondary N) is 1. The Kier molecular flexibility index (Phi) is 8.04. The van der Waals surface area contributed by atoms with Crippen molar-refractivity contribution in [1.82, 2.24) is 5.32 Å². The first-order valence-corrected chi connectivity index (χ1v) is 9.23. The molecule has 0 bridgehead atoms. The van der Waals surface area contributed by atoms with Crippen molar-refractivity contribution in [2.45, 2.75) is 19.8 Å². The second-order valence-electron chi connectivity index (χ2n) is 6.00. The number of benzene rings is 1. The summed E-state index contributed by atoms with van der Waals surface area (Å²) in [5.74, 6) is -1.95. The standard InChI is InChI=1S/C20H24ClNO6/c1-4-28-20(25)18-15(11-27-10-9-23)22-12(2)16(19(24)26-3)17(18)13-7-5-6-8-14(13)21/h5-8,17,22-23H,4,9-11H2,1-3H3. The van der Waals surface area contributed by atoms with Crippen LogP contribution in [0.2, 0.25) is 5.02 Å². The van der Waals surface area contributed by atoms with Crippen LogP contribution in [0.25, 0.3) is 0 Å². The molecule has 0 fully saturated rings. The van der Waals surface area contributed by atoms with Crippen LogP contribution in [-0.4, -0.2) is 50.6 Å². The van der Waals surface area contributed by atoms with E-state index in [-0.39, 0.29) is 37.6 Å². The van der Waals surface area contributed by atoms with Gasteiger partial charge < -0.3 is 24.6 Å². The second kappa shape index (κ2) is 10.3. The van der Waals surface area contributed by atoms with Crippen molar-refractivity contribution >= 4 is 23.5 Å². The van der Waals surface area contributed by atoms with Gasteiger partial charge in [0.2, 0.25) is 0 Å². The van der Waals surface area contributed by atoms with Crippen LogP contribution in [0.1, 0.15) is 25.3 Å². The number of ether oxygens (including phenoxy) is 3. The molecule has 0 aromatic heterocycles. The van der Waals surface area contributed by atoms with E-state index in [1.165, 1.54) is 7.11 Å². The monoisotopic (exact) mass is 409 g/mol. The summed E-state index contributed by atoms with van der Waals surface area (Å²) in [6.45, 7) is 3.55. The number of hydrogen-bond donors (Lipinski definition) is 2. The first kappa shape index (κ1) is 21.9. The van der Waals surface area contributed by atoms with Gasteiger partial charge in [0.15, 0.2) is 0 Å². The van der Waals surface area contributed by atoms with E-state index in [2.05, 4.69) is 5.32 Å². The zero-order valence-electron chi connectivity index (χ0n) is 16.1. The number of carbonyl (C=O) groups excluding carboxylic acids is 2. The normalized spacial score (nSPS) is 16.7. The highest BCUT2D eigenvalue weighted by Gasteiger charge is 2.39. The molecule has 1 unspecified atom stereocenters. The van der Waals surface area contributed by atoms with Crippen molar-refractivity contribution < 1.29 is 28.9 Å². The lowest BCUT2D eigenvalue weighted by molar-refractivity contribution is -0.139. The van der Waals surface area contributed by atoms with Gasteiger partial charge in [0, 0.05) is 10.7 Å². The van der Waals surface area contributed by atoms with E-state index >= 15 is 0 Å². The van der Waals surface area contributed by atoms with Crippen molar-refractivity contribution in [3.05, 3.63) is 57.4 Å². The van der Waals surface area contributed by atoms with Crippen LogP contribution in [0.5, 0.6) is 0 Å². The minimum atomic E-state index is -0.783. The summed E-state index contributed by atoms with van der Waals surface area (Å²) < 4.78 is 15.6. The Bertz CT molecular complexity index is 802. The third-order valence-corrected chi connectivity index (χ3v) is 4.59. The SMILES string of the molecule is CCOC(=O)C1=C(COCCO)NC(C)=C(C(=O)OC)C1c1ccccc1Cl. The van der Waals surface area contributed by atoms with Crippen molar-refractivity contribution in [3.8, 4) is 0 Å². The number of methoxy groups -OCH3 is 1. The molecule has 1 aromatic rings. The predicted molar refractivity (Wildman–Crippen MR) is 104 cm³/mol. The Morgan fingerprint density at radius 3 is 2.54 bits per heavy atom. The first-order chi connectivity index (χ1) is 13.5. The maximum absolute atomic E-state index is 12.9. The quantitative estimate of drug-likeness (QED) is 0.502. The van der Waals surface area contributed by atoms with Crippen LogP contribution in [-0.2, 0) is 23.8 Å². The van der Waals surface area contributed by atoms with E-state index in [4.69, 9.17) is 30.9 Å². The van der Waals surface area contributed by atoms with E-state index in [0.29, 0.717) is 22.0 Å². The van der Waals surface area contributed by atoms with Gasteiger partial charge >= 0.3 is 11.9 Å². The van der Waals surface area contributed by atoms with Crippen LogP contribution >= 0.6 is 11.6 Å². The van der Waals surface area contributed by atoms with Gasteiger partial charge in [-0.25, -0.2) is 9.59 Å². The van der Waals surface area contributed by atoms with Gasteiger partial charge in [-0.05, 0) is 25.5 Å². The molecule has 2 rings (SSSR count). The van der Waals surface area contributed by atoms with Crippen molar-refractivity contribution in [2.24, 2.45) is 0 Å². The molecule has 28 heavy (non-hydrogen) atoms. The number of aliphatic hydroxyl groups excluding tert-OH is 1. The van der Waals surface area contributed by atoms with E-state index in [9.17, 15) is 9.59 Å². The fraction of sp³-hybridized carbons (Fsp3) is 0.400. The minimum absolute atomic E-state index is 0.0292. The maximum Gasteiger partial charge on any atom is 0.336 e. The molecule has 0 amide bonds. The summed E-state index contributed by atoms with van der Waals surface area (Å²) in [6.07, 6.45) is 0. The molecule has 7 nitrogen and oxygen atoms in total. The molecular formula is C20H24ClNO6. The average molecular weight is 410 g/mol. The molecule has 8 heteroatoms. The van der Waals surface area contributed by atoms with Gasteiger partial charge in [0.1, 0.15) is 0 Å². The Hall–Kier alpha value is -2.35. The van der Waals surface area contributed by atoms with Gasteiger partial charge in [0.25, 0.3) is 0 Å². The summed E-state index contributed by atoms with van der Waals surface area (Å²) in [6, 6.07) is 6.98. The number of aliphatic hydroxyl groups is 1. The fourth-order valence-electron chi connectivity index (χ4n) is 3.10. The third kappa shape index (κ3) is 4.73. The number of halogens is 1. The summed E-state index contributed by atoms with van der Waals surface area (Å²) in [4.78, 5) is 25.4. The van der Waals surface area contributed by atoms with Crippen LogP contribution in [0.4, 0.5) is 0 Å². The van der Waals surface area contributed by atoms with Gasteiger partial charge in [-0.2, -0.15) is 0 Å². The van der Waals surface area contributed by atoms with Crippen molar-refractivity contribution in [2.75, 3.05) is 33.5 Å². The summed E-state index contributed by atoms with van der Waals surface area (Å²) in [5, 5.41) is 12.4. The summed E-state index contributed by atoms with van der Waals surface area (Å²) in [7, 11) is 1.28. The molecule has 0 saturated carbocycles. The van der Waals surface area contributed by atoms with Gasteiger partial charge in [-0.15, -0.1) is 0 Å². The molecule has 0 radical (unpaired) electrons. The van der Waals surface area contributed by atoms with E-state index in [1.54, 1.807) is 38.1 Å². The third-order valence-electron chi connectivity index (χ3n) is 4.24. The lowest BCUT2D eigenvalue weighted by Gasteiger charge is -2.31. The minimum Gasteiger partial charge on any atom is -0.466 e. The predicted octanol–water partition coefficient (Wildman–Crippen LogP) is 2.30. The Morgan fingerprint density at radius 2 is 1.93 bits per heavy atom. The Morgan fingerprint density at radius 1 is 1.21 bits per heavy atom. The molecule has 0 aliphatic carbocycles. The zero-order valence-corrected chi connectivity index (χ0v) is 16.8. The molecule has 1 aliphatic rings.